The molecular weight excluding hydrogens is 388 g/mol. The highest BCUT2D eigenvalue weighted by atomic mass is 16.5. The number of benzene rings is 1. The van der Waals surface area contributed by atoms with Gasteiger partial charge in [0.1, 0.15) is 5.82 Å². The quantitative estimate of drug-likeness (QED) is 0.791. The van der Waals surface area contributed by atoms with Crippen LogP contribution in [0, 0.1) is 18.8 Å². The van der Waals surface area contributed by atoms with E-state index in [1.165, 1.54) is 24.0 Å². The van der Waals surface area contributed by atoms with Crippen molar-refractivity contribution in [3.05, 3.63) is 53.5 Å². The van der Waals surface area contributed by atoms with Gasteiger partial charge in [-0.2, -0.15) is 0 Å². The molecule has 0 saturated heterocycles. The maximum atomic E-state index is 12.8. The smallest absolute Gasteiger partial charge is 0.224 e. The number of nitrogens with zero attached hydrogens (tertiary/aromatic N) is 3. The molecule has 1 aromatic heterocycles. The van der Waals surface area contributed by atoms with E-state index in [1.807, 2.05) is 6.92 Å². The van der Waals surface area contributed by atoms with Gasteiger partial charge in [-0.15, -0.1) is 0 Å². The molecule has 1 N–H and O–H groups in total. The highest BCUT2D eigenvalue weighted by molar-refractivity contribution is 5.94. The zero-order valence-electron chi connectivity index (χ0n) is 18.5. The Balaban J connectivity index is 1.60. The molecule has 1 aromatic carbocycles. The molecule has 0 radical (unpaired) electrons. The summed E-state index contributed by atoms with van der Waals surface area (Å²) in [6, 6.07) is 6.83. The monoisotopic (exact) mass is 418 g/mol. The number of carbonyl (C=O) groups excluding carboxylic acids is 1. The largest absolute Gasteiger partial charge is 0.377 e. The predicted octanol–water partition coefficient (Wildman–Crippen LogP) is 4.52. The van der Waals surface area contributed by atoms with Gasteiger partial charge in [0.05, 0.1) is 37.3 Å². The lowest BCUT2D eigenvalue weighted by Gasteiger charge is -2.46. The molecule has 5 rings (SSSR count). The minimum atomic E-state index is 0.0635. The number of hydrogen-bond acceptors (Lipinski definition) is 5. The predicted molar refractivity (Wildman–Crippen MR) is 122 cm³/mol. The van der Waals surface area contributed by atoms with Crippen LogP contribution in [0.25, 0.3) is 5.57 Å². The van der Waals surface area contributed by atoms with Crippen molar-refractivity contribution in [1.29, 1.82) is 0 Å². The normalized spacial score (nSPS) is 25.6. The molecule has 6 nitrogen and oxygen atoms in total. The van der Waals surface area contributed by atoms with Crippen molar-refractivity contribution in [3.63, 3.8) is 0 Å². The molecule has 6 heteroatoms. The van der Waals surface area contributed by atoms with Crippen LogP contribution in [0.15, 0.2) is 36.7 Å². The van der Waals surface area contributed by atoms with E-state index in [-0.39, 0.29) is 23.9 Å². The van der Waals surface area contributed by atoms with Crippen LogP contribution in [0.2, 0.25) is 0 Å². The summed E-state index contributed by atoms with van der Waals surface area (Å²) in [4.78, 5) is 23.8. The van der Waals surface area contributed by atoms with Crippen molar-refractivity contribution in [1.82, 2.24) is 9.97 Å². The zero-order valence-corrected chi connectivity index (χ0v) is 18.5. The van der Waals surface area contributed by atoms with Crippen molar-refractivity contribution >= 4 is 23.0 Å². The van der Waals surface area contributed by atoms with E-state index in [4.69, 9.17) is 4.74 Å². The molecule has 1 saturated carbocycles. The minimum absolute atomic E-state index is 0.0635. The Labute approximate surface area is 183 Å². The van der Waals surface area contributed by atoms with Gasteiger partial charge in [-0.3, -0.25) is 9.78 Å². The summed E-state index contributed by atoms with van der Waals surface area (Å²) in [5, 5.41) is 3.66. The Bertz CT molecular complexity index is 1010. The molecule has 1 aliphatic carbocycles. The Hall–Kier alpha value is -2.73. The number of amides is 1. The fourth-order valence-corrected chi connectivity index (χ4v) is 5.18. The van der Waals surface area contributed by atoms with Crippen molar-refractivity contribution in [2.45, 2.75) is 52.1 Å². The summed E-state index contributed by atoms with van der Waals surface area (Å²) >= 11 is 0. The molecule has 31 heavy (non-hydrogen) atoms. The van der Waals surface area contributed by atoms with Crippen LogP contribution in [-0.4, -0.2) is 35.1 Å². The second kappa shape index (κ2) is 8.08. The third-order valence-corrected chi connectivity index (χ3v) is 6.85. The van der Waals surface area contributed by atoms with E-state index in [1.54, 1.807) is 19.3 Å². The number of nitrogens with one attached hydrogen (secondary N) is 1. The van der Waals surface area contributed by atoms with E-state index in [0.29, 0.717) is 12.5 Å². The molecule has 2 unspecified atom stereocenters. The summed E-state index contributed by atoms with van der Waals surface area (Å²) < 4.78 is 5.50. The Kier molecular flexibility index (Phi) is 5.26. The fourth-order valence-electron chi connectivity index (χ4n) is 5.18. The summed E-state index contributed by atoms with van der Waals surface area (Å²) in [5.74, 6) is 1.72. The van der Waals surface area contributed by atoms with Gasteiger partial charge >= 0.3 is 0 Å². The molecule has 1 fully saturated rings. The van der Waals surface area contributed by atoms with E-state index in [0.717, 1.165) is 35.8 Å². The third-order valence-electron chi connectivity index (χ3n) is 6.85. The number of aryl methyl sites for hydroxylation is 1. The zero-order chi connectivity index (χ0) is 21.5. The second-order valence-corrected chi connectivity index (χ2v) is 9.07. The Morgan fingerprint density at radius 1 is 1.23 bits per heavy atom. The van der Waals surface area contributed by atoms with Crippen LogP contribution in [0.3, 0.4) is 0 Å². The molecule has 162 valence electrons. The molecule has 1 amide bonds. The SMILES string of the molecule is CC(=O)N1c2ccc(C3=CCOCC3)cc2C(Nc2cnc(C)cn2)[C@@H](C)C1C1CC1. The van der Waals surface area contributed by atoms with E-state index in [9.17, 15) is 4.79 Å². The highest BCUT2D eigenvalue weighted by Gasteiger charge is 2.47. The summed E-state index contributed by atoms with van der Waals surface area (Å²) in [6.07, 6.45) is 9.06. The number of hydrogen-bond donors (Lipinski definition) is 1. The number of ether oxygens (including phenoxy) is 1. The number of anilines is 2. The van der Waals surface area contributed by atoms with Gasteiger partial charge in [0, 0.05) is 24.6 Å². The van der Waals surface area contributed by atoms with Crippen LogP contribution in [-0.2, 0) is 9.53 Å². The second-order valence-electron chi connectivity index (χ2n) is 9.07. The fraction of sp³-hybridized carbons (Fsp3) is 0.480. The first-order chi connectivity index (χ1) is 15.0. The first-order valence-electron chi connectivity index (χ1n) is 11.3. The average molecular weight is 419 g/mol. The first kappa shape index (κ1) is 20.2. The number of rotatable bonds is 4. The van der Waals surface area contributed by atoms with Crippen LogP contribution in [0.5, 0.6) is 0 Å². The number of aromatic nitrogens is 2. The van der Waals surface area contributed by atoms with E-state index >= 15 is 0 Å². The van der Waals surface area contributed by atoms with Crippen molar-refractivity contribution in [2.24, 2.45) is 11.8 Å². The van der Waals surface area contributed by atoms with Gasteiger partial charge in [-0.25, -0.2) is 4.98 Å². The van der Waals surface area contributed by atoms with Crippen LogP contribution in [0.4, 0.5) is 11.5 Å². The number of fused-ring (bicyclic) bond motifs is 1. The van der Waals surface area contributed by atoms with Gasteiger partial charge in [0.15, 0.2) is 0 Å². The van der Waals surface area contributed by atoms with Gasteiger partial charge in [-0.1, -0.05) is 19.1 Å². The molecule has 3 atom stereocenters. The Morgan fingerprint density at radius 3 is 2.71 bits per heavy atom. The summed E-state index contributed by atoms with van der Waals surface area (Å²) in [5.41, 5.74) is 5.61. The molecule has 3 heterocycles. The van der Waals surface area contributed by atoms with Gasteiger partial charge in [-0.05, 0) is 60.9 Å². The maximum Gasteiger partial charge on any atom is 0.224 e. The van der Waals surface area contributed by atoms with Crippen LogP contribution in [0.1, 0.15) is 56.0 Å². The maximum absolute atomic E-state index is 12.8. The summed E-state index contributed by atoms with van der Waals surface area (Å²) in [6.45, 7) is 7.31. The summed E-state index contributed by atoms with van der Waals surface area (Å²) in [7, 11) is 0. The van der Waals surface area contributed by atoms with Crippen molar-refractivity contribution in [3.8, 4) is 0 Å². The Morgan fingerprint density at radius 2 is 2.06 bits per heavy atom. The molecule has 2 aliphatic heterocycles. The highest BCUT2D eigenvalue weighted by Crippen LogP contribution is 2.50. The van der Waals surface area contributed by atoms with Crippen molar-refractivity contribution in [2.75, 3.05) is 23.4 Å². The number of carbonyl (C=O) groups is 1. The molecular formula is C25H30N4O2. The standard InChI is InChI=1S/C25H30N4O2/c1-15-13-27-23(14-26-15)28-24-16(2)25(19-4-5-19)29(17(3)30)22-7-6-20(12-21(22)24)18-8-10-31-11-9-18/h6-8,12-14,16,19,24-25H,4-5,9-11H2,1-3H3,(H,27,28)/t16-,24?,25?/m1/s1. The average Bonchev–Trinajstić information content (AvgIpc) is 3.62. The van der Waals surface area contributed by atoms with Crippen molar-refractivity contribution < 1.29 is 9.53 Å². The van der Waals surface area contributed by atoms with Gasteiger partial charge in [0.2, 0.25) is 5.91 Å². The lowest BCUT2D eigenvalue weighted by Crippen LogP contribution is -2.51. The van der Waals surface area contributed by atoms with E-state index in [2.05, 4.69) is 51.4 Å². The lowest BCUT2D eigenvalue weighted by atomic mass is 9.79. The van der Waals surface area contributed by atoms with Gasteiger partial charge in [0.25, 0.3) is 0 Å². The molecule has 0 spiro atoms. The first-order valence-corrected chi connectivity index (χ1v) is 11.3. The van der Waals surface area contributed by atoms with Crippen LogP contribution < -0.4 is 10.2 Å². The van der Waals surface area contributed by atoms with Crippen LogP contribution >= 0.6 is 0 Å². The van der Waals surface area contributed by atoms with Gasteiger partial charge < -0.3 is 15.0 Å². The topological polar surface area (TPSA) is 67.3 Å². The molecule has 2 aromatic rings. The third kappa shape index (κ3) is 3.85. The molecule has 3 aliphatic rings. The molecule has 0 bridgehead atoms. The lowest BCUT2D eigenvalue weighted by molar-refractivity contribution is -0.117. The minimum Gasteiger partial charge on any atom is -0.377 e. The van der Waals surface area contributed by atoms with E-state index < -0.39 is 0 Å².